The van der Waals surface area contributed by atoms with Crippen molar-refractivity contribution < 1.29 is 9.18 Å². The van der Waals surface area contributed by atoms with E-state index in [0.29, 0.717) is 31.8 Å². The van der Waals surface area contributed by atoms with Crippen LogP contribution in [0.4, 0.5) is 10.1 Å². The molecular formula is C20H23FN2O. The van der Waals surface area contributed by atoms with E-state index in [1.165, 1.54) is 6.07 Å². The Morgan fingerprint density at radius 3 is 2.62 bits per heavy atom. The Balaban J connectivity index is 1.57. The molecule has 4 heteroatoms. The van der Waals surface area contributed by atoms with E-state index in [2.05, 4.69) is 0 Å². The van der Waals surface area contributed by atoms with E-state index in [0.717, 1.165) is 29.7 Å². The Labute approximate surface area is 142 Å². The number of nitrogens with two attached hydrogens (primary N) is 1. The summed E-state index contributed by atoms with van der Waals surface area (Å²) in [6.07, 6.45) is 3.96. The highest BCUT2D eigenvalue weighted by Gasteiger charge is 2.31. The Morgan fingerprint density at radius 1 is 1.12 bits per heavy atom. The number of nitrogens with zero attached hydrogens (tertiary/aromatic N) is 1. The first-order valence-electron chi connectivity index (χ1n) is 8.51. The molecule has 1 fully saturated rings. The number of halogens is 1. The maximum atomic E-state index is 13.3. The molecule has 1 amide bonds. The standard InChI is InChI=1S/C20H23FN2O/c21-17-6-3-4-15(14-17)12-13-23(18-9-10-18)20(24)11-8-16-5-1-2-7-19(16)22/h1-7,14,18H,8-13,22H2. The summed E-state index contributed by atoms with van der Waals surface area (Å²) in [5.41, 5.74) is 8.63. The lowest BCUT2D eigenvalue weighted by atomic mass is 10.1. The maximum Gasteiger partial charge on any atom is 0.223 e. The second-order valence-electron chi connectivity index (χ2n) is 6.40. The quantitative estimate of drug-likeness (QED) is 0.791. The van der Waals surface area contributed by atoms with Gasteiger partial charge in [0.1, 0.15) is 5.82 Å². The van der Waals surface area contributed by atoms with Gasteiger partial charge in [0.15, 0.2) is 0 Å². The van der Waals surface area contributed by atoms with Crippen molar-refractivity contribution in [2.75, 3.05) is 12.3 Å². The van der Waals surface area contributed by atoms with Gasteiger partial charge in [-0.25, -0.2) is 4.39 Å². The first-order chi connectivity index (χ1) is 11.6. The molecule has 0 aromatic heterocycles. The van der Waals surface area contributed by atoms with Crippen molar-refractivity contribution in [3.8, 4) is 0 Å². The minimum atomic E-state index is -0.226. The molecule has 3 nitrogen and oxygen atoms in total. The SMILES string of the molecule is Nc1ccccc1CCC(=O)N(CCc1cccc(F)c1)C1CC1. The first-order valence-corrected chi connectivity index (χ1v) is 8.51. The Hall–Kier alpha value is -2.36. The lowest BCUT2D eigenvalue weighted by molar-refractivity contribution is -0.131. The van der Waals surface area contributed by atoms with Crippen molar-refractivity contribution in [3.63, 3.8) is 0 Å². The third kappa shape index (κ3) is 4.34. The van der Waals surface area contributed by atoms with Gasteiger partial charge in [0.2, 0.25) is 5.91 Å². The van der Waals surface area contributed by atoms with E-state index in [1.807, 2.05) is 35.2 Å². The van der Waals surface area contributed by atoms with Gasteiger partial charge in [-0.1, -0.05) is 30.3 Å². The van der Waals surface area contributed by atoms with E-state index in [-0.39, 0.29) is 11.7 Å². The van der Waals surface area contributed by atoms with Crippen LogP contribution < -0.4 is 5.73 Å². The molecule has 0 atom stereocenters. The zero-order chi connectivity index (χ0) is 16.9. The van der Waals surface area contributed by atoms with E-state index >= 15 is 0 Å². The first kappa shape index (κ1) is 16.5. The molecule has 126 valence electrons. The van der Waals surface area contributed by atoms with Crippen LogP contribution in [-0.4, -0.2) is 23.4 Å². The van der Waals surface area contributed by atoms with Crippen LogP contribution in [0.1, 0.15) is 30.4 Å². The van der Waals surface area contributed by atoms with Crippen LogP contribution in [0.15, 0.2) is 48.5 Å². The predicted molar refractivity (Wildman–Crippen MR) is 94.0 cm³/mol. The molecule has 0 saturated heterocycles. The molecule has 1 saturated carbocycles. The van der Waals surface area contributed by atoms with E-state index in [9.17, 15) is 9.18 Å². The molecule has 0 radical (unpaired) electrons. The van der Waals surface area contributed by atoms with Gasteiger partial charge in [-0.3, -0.25) is 4.79 Å². The number of rotatable bonds is 7. The lowest BCUT2D eigenvalue weighted by Crippen LogP contribution is -2.35. The highest BCUT2D eigenvalue weighted by molar-refractivity contribution is 5.77. The number of hydrogen-bond acceptors (Lipinski definition) is 2. The van der Waals surface area contributed by atoms with Crippen molar-refractivity contribution in [3.05, 3.63) is 65.5 Å². The average molecular weight is 326 g/mol. The minimum Gasteiger partial charge on any atom is -0.399 e. The lowest BCUT2D eigenvalue weighted by Gasteiger charge is -2.23. The number of anilines is 1. The minimum absolute atomic E-state index is 0.164. The number of nitrogen functional groups attached to an aromatic ring is 1. The highest BCUT2D eigenvalue weighted by Crippen LogP contribution is 2.28. The van der Waals surface area contributed by atoms with Crippen molar-refractivity contribution in [2.24, 2.45) is 0 Å². The van der Waals surface area contributed by atoms with Gasteiger partial charge in [-0.2, -0.15) is 0 Å². The van der Waals surface area contributed by atoms with Crippen LogP contribution in [0.2, 0.25) is 0 Å². The number of benzene rings is 2. The monoisotopic (exact) mass is 326 g/mol. The van der Waals surface area contributed by atoms with Gasteiger partial charge >= 0.3 is 0 Å². The second kappa shape index (κ2) is 7.47. The third-order valence-electron chi connectivity index (χ3n) is 4.50. The number of carbonyl (C=O) groups is 1. The fourth-order valence-corrected chi connectivity index (χ4v) is 2.99. The van der Waals surface area contributed by atoms with Crippen molar-refractivity contribution in [1.82, 2.24) is 4.90 Å². The highest BCUT2D eigenvalue weighted by atomic mass is 19.1. The summed E-state index contributed by atoms with van der Waals surface area (Å²) in [5, 5.41) is 0. The number of para-hydroxylation sites is 1. The number of hydrogen-bond donors (Lipinski definition) is 1. The molecule has 3 rings (SSSR count). The molecule has 0 aliphatic heterocycles. The van der Waals surface area contributed by atoms with Crippen molar-refractivity contribution in [1.29, 1.82) is 0 Å². The Morgan fingerprint density at radius 2 is 1.92 bits per heavy atom. The Kier molecular flexibility index (Phi) is 5.14. The normalized spacial score (nSPS) is 13.7. The topological polar surface area (TPSA) is 46.3 Å². The average Bonchev–Trinajstić information content (AvgIpc) is 3.39. The van der Waals surface area contributed by atoms with Crippen LogP contribution in [0.5, 0.6) is 0 Å². The summed E-state index contributed by atoms with van der Waals surface area (Å²) < 4.78 is 13.3. The van der Waals surface area contributed by atoms with Crippen LogP contribution in [-0.2, 0) is 17.6 Å². The van der Waals surface area contributed by atoms with Gasteiger partial charge in [0, 0.05) is 24.7 Å². The summed E-state index contributed by atoms with van der Waals surface area (Å²) in [4.78, 5) is 14.6. The van der Waals surface area contributed by atoms with Crippen LogP contribution in [0.25, 0.3) is 0 Å². The number of carbonyl (C=O) groups excluding carboxylic acids is 1. The maximum absolute atomic E-state index is 13.3. The second-order valence-corrected chi connectivity index (χ2v) is 6.40. The zero-order valence-electron chi connectivity index (χ0n) is 13.7. The van der Waals surface area contributed by atoms with Crippen LogP contribution >= 0.6 is 0 Å². The molecule has 0 heterocycles. The summed E-state index contributed by atoms with van der Waals surface area (Å²) >= 11 is 0. The van der Waals surface area contributed by atoms with Gasteiger partial charge in [0.05, 0.1) is 0 Å². The fraction of sp³-hybridized carbons (Fsp3) is 0.350. The fourth-order valence-electron chi connectivity index (χ4n) is 2.99. The molecule has 1 aliphatic carbocycles. The molecule has 1 aliphatic rings. The molecule has 0 spiro atoms. The number of amides is 1. The van der Waals surface area contributed by atoms with E-state index in [1.54, 1.807) is 12.1 Å². The van der Waals surface area contributed by atoms with Crippen LogP contribution in [0.3, 0.4) is 0 Å². The number of aryl methyl sites for hydroxylation is 1. The molecular weight excluding hydrogens is 303 g/mol. The molecule has 0 unspecified atom stereocenters. The largest absolute Gasteiger partial charge is 0.399 e. The van der Waals surface area contributed by atoms with Gasteiger partial charge in [-0.15, -0.1) is 0 Å². The molecule has 2 aromatic rings. The summed E-state index contributed by atoms with van der Waals surface area (Å²) in [5.74, 6) is -0.0616. The summed E-state index contributed by atoms with van der Waals surface area (Å²) in [7, 11) is 0. The van der Waals surface area contributed by atoms with Gasteiger partial charge < -0.3 is 10.6 Å². The van der Waals surface area contributed by atoms with Gasteiger partial charge in [0.25, 0.3) is 0 Å². The van der Waals surface area contributed by atoms with Crippen LogP contribution in [0, 0.1) is 5.82 Å². The molecule has 0 bridgehead atoms. The summed E-state index contributed by atoms with van der Waals surface area (Å²) in [6.45, 7) is 0.650. The van der Waals surface area contributed by atoms with Gasteiger partial charge in [-0.05, 0) is 55.0 Å². The smallest absolute Gasteiger partial charge is 0.223 e. The van der Waals surface area contributed by atoms with E-state index in [4.69, 9.17) is 5.73 Å². The predicted octanol–water partition coefficient (Wildman–Crippen LogP) is 3.57. The Bertz CT molecular complexity index is 712. The van der Waals surface area contributed by atoms with E-state index < -0.39 is 0 Å². The zero-order valence-corrected chi connectivity index (χ0v) is 13.7. The molecule has 24 heavy (non-hydrogen) atoms. The molecule has 2 N–H and O–H groups in total. The van der Waals surface area contributed by atoms with Crippen molar-refractivity contribution in [2.45, 2.75) is 38.1 Å². The van der Waals surface area contributed by atoms with Crippen molar-refractivity contribution >= 4 is 11.6 Å². The summed E-state index contributed by atoms with van der Waals surface area (Å²) in [6, 6.07) is 14.6. The molecule has 2 aromatic carbocycles. The third-order valence-corrected chi connectivity index (χ3v) is 4.50.